The van der Waals surface area contributed by atoms with Crippen molar-refractivity contribution in [2.24, 2.45) is 0 Å². The second-order valence-electron chi connectivity index (χ2n) is 10.4. The van der Waals surface area contributed by atoms with Gasteiger partial charge in [-0.15, -0.1) is 0 Å². The molecule has 0 saturated carbocycles. The summed E-state index contributed by atoms with van der Waals surface area (Å²) in [6, 6.07) is 34.8. The molecular weight excluding hydrogens is 476 g/mol. The number of furan rings is 1. The summed E-state index contributed by atoms with van der Waals surface area (Å²) in [4.78, 5) is 9.34. The van der Waals surface area contributed by atoms with Crippen LogP contribution >= 0.6 is 0 Å². The van der Waals surface area contributed by atoms with Crippen LogP contribution in [0.3, 0.4) is 0 Å². The fourth-order valence-electron chi connectivity index (χ4n) is 6.00. The molecule has 0 aliphatic heterocycles. The highest BCUT2D eigenvalue weighted by Gasteiger charge is 2.15. The highest BCUT2D eigenvalue weighted by atomic mass is 16.3. The first kappa shape index (κ1) is 22.0. The standard InChI is InChI=1S/C36H24N2O/c1-21-7-14-33-31(17-21)32-19-22(2)18-29(36(32)39-33)24-10-8-23(9-11-24)25-12-13-28-30(20-25)26-5-3-4-6-27(26)34-35(28)38-16-15-37-34/h3-20H,1-2H3. The number of hydrogen-bond acceptors (Lipinski definition) is 3. The Morgan fingerprint density at radius 3 is 1.95 bits per heavy atom. The van der Waals surface area contributed by atoms with Gasteiger partial charge >= 0.3 is 0 Å². The van der Waals surface area contributed by atoms with Crippen molar-refractivity contribution in [1.29, 1.82) is 0 Å². The molecule has 8 rings (SSSR count). The first-order valence-electron chi connectivity index (χ1n) is 13.2. The van der Waals surface area contributed by atoms with Gasteiger partial charge in [-0.1, -0.05) is 72.3 Å². The first-order chi connectivity index (χ1) is 19.1. The van der Waals surface area contributed by atoms with Gasteiger partial charge in [-0.05, 0) is 77.2 Å². The van der Waals surface area contributed by atoms with E-state index in [9.17, 15) is 0 Å². The molecule has 0 saturated heterocycles. The van der Waals surface area contributed by atoms with Gasteiger partial charge in [0, 0.05) is 39.5 Å². The Labute approximate surface area is 225 Å². The lowest BCUT2D eigenvalue weighted by Gasteiger charge is -2.11. The fourth-order valence-corrected chi connectivity index (χ4v) is 6.00. The van der Waals surface area contributed by atoms with Crippen LogP contribution in [0.25, 0.3) is 76.8 Å². The predicted octanol–water partition coefficient (Wildman–Crippen LogP) is 9.79. The SMILES string of the molecule is Cc1ccc2oc3c(-c4ccc(-c5ccc6c(c5)c5ccccc5c5nccnc65)cc4)cc(C)cc3c2c1. The van der Waals surface area contributed by atoms with E-state index >= 15 is 0 Å². The molecule has 0 N–H and O–H groups in total. The van der Waals surface area contributed by atoms with Gasteiger partial charge in [-0.2, -0.15) is 0 Å². The van der Waals surface area contributed by atoms with E-state index in [1.807, 2.05) is 0 Å². The van der Waals surface area contributed by atoms with E-state index in [1.54, 1.807) is 12.4 Å². The summed E-state index contributed by atoms with van der Waals surface area (Å²) in [5.74, 6) is 0. The van der Waals surface area contributed by atoms with Crippen LogP contribution in [0.4, 0.5) is 0 Å². The van der Waals surface area contributed by atoms with E-state index in [4.69, 9.17) is 4.42 Å². The summed E-state index contributed by atoms with van der Waals surface area (Å²) < 4.78 is 6.38. The molecule has 3 heteroatoms. The number of benzene rings is 6. The lowest BCUT2D eigenvalue weighted by atomic mass is 9.94. The third kappa shape index (κ3) is 3.37. The van der Waals surface area contributed by atoms with Gasteiger partial charge in [0.25, 0.3) is 0 Å². The zero-order chi connectivity index (χ0) is 26.1. The molecular formula is C36H24N2O. The minimum Gasteiger partial charge on any atom is -0.455 e. The molecule has 0 fully saturated rings. The van der Waals surface area contributed by atoms with E-state index < -0.39 is 0 Å². The second kappa shape index (κ2) is 8.24. The Balaban J connectivity index is 1.28. The van der Waals surface area contributed by atoms with Gasteiger partial charge in [0.15, 0.2) is 0 Å². The van der Waals surface area contributed by atoms with E-state index in [0.29, 0.717) is 0 Å². The molecule has 0 bridgehead atoms. The average Bonchev–Trinajstić information content (AvgIpc) is 3.34. The molecule has 0 radical (unpaired) electrons. The summed E-state index contributed by atoms with van der Waals surface area (Å²) >= 11 is 0. The van der Waals surface area contributed by atoms with Gasteiger partial charge in [-0.25, -0.2) is 0 Å². The van der Waals surface area contributed by atoms with Crippen molar-refractivity contribution in [3.63, 3.8) is 0 Å². The minimum atomic E-state index is 0.930. The maximum absolute atomic E-state index is 6.38. The van der Waals surface area contributed by atoms with Crippen LogP contribution < -0.4 is 0 Å². The fraction of sp³-hybridized carbons (Fsp3) is 0.0556. The van der Waals surface area contributed by atoms with Crippen LogP contribution in [0.2, 0.25) is 0 Å². The van der Waals surface area contributed by atoms with Crippen molar-refractivity contribution in [2.75, 3.05) is 0 Å². The molecule has 184 valence electrons. The zero-order valence-electron chi connectivity index (χ0n) is 21.7. The van der Waals surface area contributed by atoms with Gasteiger partial charge in [-0.3, -0.25) is 9.97 Å². The normalized spacial score (nSPS) is 11.8. The third-order valence-electron chi connectivity index (χ3n) is 7.85. The number of aryl methyl sites for hydroxylation is 2. The lowest BCUT2D eigenvalue weighted by Crippen LogP contribution is -1.89. The summed E-state index contributed by atoms with van der Waals surface area (Å²) in [5.41, 5.74) is 10.8. The monoisotopic (exact) mass is 500 g/mol. The van der Waals surface area contributed by atoms with Crippen molar-refractivity contribution in [2.45, 2.75) is 13.8 Å². The third-order valence-corrected chi connectivity index (χ3v) is 7.85. The summed E-state index contributed by atoms with van der Waals surface area (Å²) in [5, 5.41) is 6.99. The van der Waals surface area contributed by atoms with Crippen LogP contribution in [0.5, 0.6) is 0 Å². The molecule has 0 aliphatic rings. The number of rotatable bonds is 2. The maximum atomic E-state index is 6.38. The van der Waals surface area contributed by atoms with Crippen molar-refractivity contribution in [3.05, 3.63) is 121 Å². The Morgan fingerprint density at radius 1 is 0.487 bits per heavy atom. The Kier molecular flexibility index (Phi) is 4.65. The van der Waals surface area contributed by atoms with E-state index in [1.165, 1.54) is 43.8 Å². The first-order valence-corrected chi connectivity index (χ1v) is 13.2. The predicted molar refractivity (Wildman–Crippen MR) is 162 cm³/mol. The molecule has 39 heavy (non-hydrogen) atoms. The van der Waals surface area contributed by atoms with Crippen LogP contribution in [0.1, 0.15) is 11.1 Å². The van der Waals surface area contributed by atoms with E-state index in [-0.39, 0.29) is 0 Å². The average molecular weight is 501 g/mol. The van der Waals surface area contributed by atoms with Crippen molar-refractivity contribution >= 4 is 54.5 Å². The Bertz CT molecular complexity index is 2210. The molecule has 2 aromatic heterocycles. The largest absolute Gasteiger partial charge is 0.455 e. The highest BCUT2D eigenvalue weighted by molar-refractivity contribution is 6.23. The summed E-state index contributed by atoms with van der Waals surface area (Å²) in [7, 11) is 0. The summed E-state index contributed by atoms with van der Waals surface area (Å²) in [6.07, 6.45) is 3.54. The quantitative estimate of drug-likeness (QED) is 0.222. The van der Waals surface area contributed by atoms with Crippen LogP contribution in [-0.4, -0.2) is 9.97 Å². The number of hydrogen-bond donors (Lipinski definition) is 0. The number of fused-ring (bicyclic) bond motifs is 9. The molecule has 0 atom stereocenters. The molecule has 8 aromatic rings. The molecule has 0 amide bonds. The molecule has 0 aliphatic carbocycles. The molecule has 2 heterocycles. The summed E-state index contributed by atoms with van der Waals surface area (Å²) in [6.45, 7) is 4.28. The van der Waals surface area contributed by atoms with Crippen LogP contribution in [-0.2, 0) is 0 Å². The molecule has 0 spiro atoms. The van der Waals surface area contributed by atoms with Crippen LogP contribution in [0.15, 0.2) is 114 Å². The Hall–Kier alpha value is -5.02. The zero-order valence-corrected chi connectivity index (χ0v) is 21.7. The van der Waals surface area contributed by atoms with Gasteiger partial charge < -0.3 is 4.42 Å². The smallest absolute Gasteiger partial charge is 0.143 e. The van der Waals surface area contributed by atoms with Crippen molar-refractivity contribution < 1.29 is 4.42 Å². The Morgan fingerprint density at radius 2 is 1.15 bits per heavy atom. The van der Waals surface area contributed by atoms with Gasteiger partial charge in [0.1, 0.15) is 11.2 Å². The van der Waals surface area contributed by atoms with E-state index in [0.717, 1.165) is 44.1 Å². The second-order valence-corrected chi connectivity index (χ2v) is 10.4. The molecule has 0 unspecified atom stereocenters. The maximum Gasteiger partial charge on any atom is 0.143 e. The number of nitrogens with zero attached hydrogens (tertiary/aromatic N) is 2. The van der Waals surface area contributed by atoms with Crippen LogP contribution in [0, 0.1) is 13.8 Å². The van der Waals surface area contributed by atoms with E-state index in [2.05, 4.69) is 121 Å². The molecule has 3 nitrogen and oxygen atoms in total. The number of aromatic nitrogens is 2. The topological polar surface area (TPSA) is 38.9 Å². The van der Waals surface area contributed by atoms with Gasteiger partial charge in [0.05, 0.1) is 11.0 Å². The van der Waals surface area contributed by atoms with Gasteiger partial charge in [0.2, 0.25) is 0 Å². The lowest BCUT2D eigenvalue weighted by molar-refractivity contribution is 0.670. The highest BCUT2D eigenvalue weighted by Crippen LogP contribution is 2.39. The molecule has 6 aromatic carbocycles. The van der Waals surface area contributed by atoms with Crippen molar-refractivity contribution in [1.82, 2.24) is 9.97 Å². The van der Waals surface area contributed by atoms with Crippen molar-refractivity contribution in [3.8, 4) is 22.3 Å². The minimum absolute atomic E-state index is 0.930.